The van der Waals surface area contributed by atoms with E-state index in [2.05, 4.69) is 4.98 Å². The molecule has 1 saturated heterocycles. The SMILES string of the molecule is COc1c(C)cccc1C(=O)N1CCN(C)C(=O)C1Cc1ccc(-c2cccnc2)cc1. The van der Waals surface area contributed by atoms with E-state index in [4.69, 9.17) is 4.74 Å². The fraction of sp³-hybridized carbons (Fsp3) is 0.269. The first-order chi connectivity index (χ1) is 15.5. The van der Waals surface area contributed by atoms with Crippen molar-refractivity contribution in [2.45, 2.75) is 19.4 Å². The van der Waals surface area contributed by atoms with Gasteiger partial charge in [0, 0.05) is 39.0 Å². The van der Waals surface area contributed by atoms with E-state index in [1.807, 2.05) is 61.7 Å². The summed E-state index contributed by atoms with van der Waals surface area (Å²) in [6.45, 7) is 2.90. The van der Waals surface area contributed by atoms with Gasteiger partial charge in [-0.25, -0.2) is 0 Å². The number of methoxy groups -OCH3 is 1. The van der Waals surface area contributed by atoms with Gasteiger partial charge in [0.25, 0.3) is 5.91 Å². The van der Waals surface area contributed by atoms with E-state index < -0.39 is 6.04 Å². The molecule has 0 aliphatic carbocycles. The Morgan fingerprint density at radius 2 is 1.84 bits per heavy atom. The van der Waals surface area contributed by atoms with E-state index >= 15 is 0 Å². The van der Waals surface area contributed by atoms with Crippen LogP contribution in [0.25, 0.3) is 11.1 Å². The Morgan fingerprint density at radius 3 is 2.53 bits per heavy atom. The van der Waals surface area contributed by atoms with Crippen LogP contribution in [0.15, 0.2) is 67.0 Å². The lowest BCUT2D eigenvalue weighted by molar-refractivity contribution is -0.138. The molecule has 164 valence electrons. The summed E-state index contributed by atoms with van der Waals surface area (Å²) < 4.78 is 5.50. The summed E-state index contributed by atoms with van der Waals surface area (Å²) in [5.74, 6) is 0.333. The summed E-state index contributed by atoms with van der Waals surface area (Å²) >= 11 is 0. The molecule has 1 aliphatic rings. The van der Waals surface area contributed by atoms with Crippen LogP contribution in [0.2, 0.25) is 0 Å². The average molecular weight is 430 g/mol. The van der Waals surface area contributed by atoms with E-state index in [9.17, 15) is 9.59 Å². The first-order valence-electron chi connectivity index (χ1n) is 10.7. The Morgan fingerprint density at radius 1 is 1.06 bits per heavy atom. The lowest BCUT2D eigenvalue weighted by atomic mass is 9.98. The molecule has 2 aromatic carbocycles. The molecule has 1 aromatic heterocycles. The molecule has 32 heavy (non-hydrogen) atoms. The molecule has 3 aromatic rings. The van der Waals surface area contributed by atoms with E-state index in [0.29, 0.717) is 30.8 Å². The average Bonchev–Trinajstić information content (AvgIpc) is 2.82. The standard InChI is InChI=1S/C26H27N3O3/c1-18-6-4-8-22(24(18)32-3)25(30)29-15-14-28(2)26(31)23(29)16-19-9-11-20(12-10-19)21-7-5-13-27-17-21/h4-13,17,23H,14-16H2,1-3H3. The van der Waals surface area contributed by atoms with E-state index in [0.717, 1.165) is 22.3 Å². The van der Waals surface area contributed by atoms with Gasteiger partial charge in [0.1, 0.15) is 11.8 Å². The summed E-state index contributed by atoms with van der Waals surface area (Å²) in [4.78, 5) is 34.1. The molecule has 1 aliphatic heterocycles. The number of benzene rings is 2. The van der Waals surface area contributed by atoms with Gasteiger partial charge in [-0.1, -0.05) is 42.5 Å². The van der Waals surface area contributed by atoms with Crippen LogP contribution in [0.3, 0.4) is 0 Å². The fourth-order valence-electron chi connectivity index (χ4n) is 4.19. The van der Waals surface area contributed by atoms with Crippen LogP contribution in [0.5, 0.6) is 5.75 Å². The molecule has 2 heterocycles. The monoisotopic (exact) mass is 429 g/mol. The van der Waals surface area contributed by atoms with Gasteiger partial charge in [0.05, 0.1) is 12.7 Å². The molecule has 0 radical (unpaired) electrons. The third-order valence-electron chi connectivity index (χ3n) is 6.00. The number of carbonyl (C=O) groups is 2. The van der Waals surface area contributed by atoms with Crippen molar-refractivity contribution in [2.24, 2.45) is 0 Å². The molecule has 2 amide bonds. The molecule has 1 unspecified atom stereocenters. The molecule has 0 N–H and O–H groups in total. The highest BCUT2D eigenvalue weighted by Crippen LogP contribution is 2.27. The number of ether oxygens (including phenoxy) is 1. The highest BCUT2D eigenvalue weighted by molar-refractivity contribution is 6.00. The Balaban J connectivity index is 1.61. The molecule has 6 nitrogen and oxygen atoms in total. The van der Waals surface area contributed by atoms with Crippen molar-refractivity contribution in [3.05, 3.63) is 83.7 Å². The van der Waals surface area contributed by atoms with Crippen molar-refractivity contribution in [1.29, 1.82) is 0 Å². The van der Waals surface area contributed by atoms with Gasteiger partial charge in [-0.05, 0) is 41.3 Å². The number of hydrogen-bond acceptors (Lipinski definition) is 4. The highest BCUT2D eigenvalue weighted by Gasteiger charge is 2.37. The van der Waals surface area contributed by atoms with Crippen molar-refractivity contribution in [3.8, 4) is 16.9 Å². The number of carbonyl (C=O) groups excluding carboxylic acids is 2. The zero-order valence-electron chi connectivity index (χ0n) is 18.6. The molecular formula is C26H27N3O3. The molecular weight excluding hydrogens is 402 g/mol. The third kappa shape index (κ3) is 4.21. The largest absolute Gasteiger partial charge is 0.496 e. The van der Waals surface area contributed by atoms with E-state index in [-0.39, 0.29) is 11.8 Å². The van der Waals surface area contributed by atoms with E-state index in [1.54, 1.807) is 36.2 Å². The van der Waals surface area contributed by atoms with Crippen molar-refractivity contribution < 1.29 is 14.3 Å². The topological polar surface area (TPSA) is 62.7 Å². The van der Waals surface area contributed by atoms with Gasteiger partial charge < -0.3 is 14.5 Å². The van der Waals surface area contributed by atoms with Crippen LogP contribution in [0.4, 0.5) is 0 Å². The molecule has 1 fully saturated rings. The molecule has 0 bridgehead atoms. The Kier molecular flexibility index (Phi) is 6.21. The van der Waals surface area contributed by atoms with Gasteiger partial charge in [0.2, 0.25) is 5.91 Å². The number of pyridine rings is 1. The summed E-state index contributed by atoms with van der Waals surface area (Å²) in [6, 6.07) is 17.0. The predicted octanol–water partition coefficient (Wildman–Crippen LogP) is 3.59. The molecule has 0 saturated carbocycles. The van der Waals surface area contributed by atoms with Gasteiger partial charge >= 0.3 is 0 Å². The molecule has 1 atom stereocenters. The number of amides is 2. The van der Waals surface area contributed by atoms with Crippen LogP contribution in [0, 0.1) is 6.92 Å². The highest BCUT2D eigenvalue weighted by atomic mass is 16.5. The Bertz CT molecular complexity index is 1110. The van der Waals surface area contributed by atoms with Crippen molar-refractivity contribution in [3.63, 3.8) is 0 Å². The minimum atomic E-state index is -0.560. The molecule has 4 rings (SSSR count). The van der Waals surface area contributed by atoms with Crippen LogP contribution in [-0.4, -0.2) is 59.9 Å². The molecule has 6 heteroatoms. The lowest BCUT2D eigenvalue weighted by Crippen LogP contribution is -2.58. The van der Waals surface area contributed by atoms with Gasteiger partial charge in [0.15, 0.2) is 0 Å². The summed E-state index contributed by atoms with van der Waals surface area (Å²) in [5.41, 5.74) is 4.48. The van der Waals surface area contributed by atoms with Crippen LogP contribution in [-0.2, 0) is 11.2 Å². The number of aryl methyl sites for hydroxylation is 1. The minimum absolute atomic E-state index is 0.0486. The predicted molar refractivity (Wildman–Crippen MR) is 124 cm³/mol. The first-order valence-corrected chi connectivity index (χ1v) is 10.7. The van der Waals surface area contributed by atoms with Gasteiger partial charge in [-0.2, -0.15) is 0 Å². The van der Waals surface area contributed by atoms with Crippen LogP contribution < -0.4 is 4.74 Å². The van der Waals surface area contributed by atoms with E-state index in [1.165, 1.54) is 0 Å². The fourth-order valence-corrected chi connectivity index (χ4v) is 4.19. The van der Waals surface area contributed by atoms with Crippen molar-refractivity contribution >= 4 is 11.8 Å². The normalized spacial score (nSPS) is 16.2. The Hall–Kier alpha value is -3.67. The van der Waals surface area contributed by atoms with Gasteiger partial charge in [-0.3, -0.25) is 14.6 Å². The number of hydrogen-bond donors (Lipinski definition) is 0. The van der Waals surface area contributed by atoms with Gasteiger partial charge in [-0.15, -0.1) is 0 Å². The second kappa shape index (κ2) is 9.22. The Labute approximate surface area is 188 Å². The van der Waals surface area contributed by atoms with Crippen molar-refractivity contribution in [1.82, 2.24) is 14.8 Å². The summed E-state index contributed by atoms with van der Waals surface area (Å²) in [5, 5.41) is 0. The number of nitrogens with zero attached hydrogens (tertiary/aromatic N) is 3. The van der Waals surface area contributed by atoms with Crippen molar-refractivity contribution in [2.75, 3.05) is 27.2 Å². The maximum Gasteiger partial charge on any atom is 0.258 e. The van der Waals surface area contributed by atoms with Crippen LogP contribution in [0.1, 0.15) is 21.5 Å². The number of para-hydroxylation sites is 1. The third-order valence-corrected chi connectivity index (χ3v) is 6.00. The molecule has 0 spiro atoms. The second-order valence-corrected chi connectivity index (χ2v) is 8.07. The lowest BCUT2D eigenvalue weighted by Gasteiger charge is -2.39. The number of aromatic nitrogens is 1. The summed E-state index contributed by atoms with van der Waals surface area (Å²) in [7, 11) is 3.35. The summed E-state index contributed by atoms with van der Waals surface area (Å²) in [6.07, 6.45) is 4.03. The smallest absolute Gasteiger partial charge is 0.258 e. The van der Waals surface area contributed by atoms with Crippen LogP contribution >= 0.6 is 0 Å². The quantitative estimate of drug-likeness (QED) is 0.622. The first kappa shape index (κ1) is 21.6. The number of likely N-dealkylation sites (N-methyl/N-ethyl adjacent to an activating group) is 1. The maximum atomic E-state index is 13.5. The second-order valence-electron chi connectivity index (χ2n) is 8.07. The zero-order chi connectivity index (χ0) is 22.7. The maximum absolute atomic E-state index is 13.5. The number of piperazine rings is 1. The zero-order valence-corrected chi connectivity index (χ0v) is 18.6. The number of rotatable bonds is 5. The minimum Gasteiger partial charge on any atom is -0.496 e.